The van der Waals surface area contributed by atoms with Gasteiger partial charge in [-0.3, -0.25) is 14.5 Å². The molecule has 1 heterocycles. The molecule has 1 atom stereocenters. The molecular weight excluding hydrogens is 430 g/mol. The Morgan fingerprint density at radius 1 is 0.912 bits per heavy atom. The van der Waals surface area contributed by atoms with Crippen molar-refractivity contribution in [2.24, 2.45) is 0 Å². The Balaban J connectivity index is 1.93. The third-order valence-electron chi connectivity index (χ3n) is 6.02. The highest BCUT2D eigenvalue weighted by Gasteiger charge is 2.47. The molecule has 0 saturated carbocycles. The van der Waals surface area contributed by atoms with E-state index in [0.29, 0.717) is 28.3 Å². The van der Waals surface area contributed by atoms with Crippen molar-refractivity contribution in [1.82, 2.24) is 0 Å². The minimum atomic E-state index is -0.794. The first kappa shape index (κ1) is 23.1. The second kappa shape index (κ2) is 9.43. The smallest absolute Gasteiger partial charge is 0.300 e. The number of hydrogen-bond donors (Lipinski definition) is 1. The lowest BCUT2D eigenvalue weighted by Gasteiger charge is -2.25. The number of carbonyl (C=O) groups is 2. The first-order valence-corrected chi connectivity index (χ1v) is 11.1. The third kappa shape index (κ3) is 4.03. The molecule has 0 radical (unpaired) electrons. The van der Waals surface area contributed by atoms with Gasteiger partial charge in [0, 0.05) is 17.3 Å². The van der Waals surface area contributed by atoms with Gasteiger partial charge in [0.2, 0.25) is 0 Å². The van der Waals surface area contributed by atoms with Gasteiger partial charge in [-0.1, -0.05) is 50.2 Å². The summed E-state index contributed by atoms with van der Waals surface area (Å²) in [5.41, 5.74) is 2.61. The van der Waals surface area contributed by atoms with Gasteiger partial charge in [-0.2, -0.15) is 0 Å². The third-order valence-corrected chi connectivity index (χ3v) is 6.02. The Labute approximate surface area is 199 Å². The number of rotatable bonds is 6. The molecule has 1 aliphatic heterocycles. The van der Waals surface area contributed by atoms with Crippen molar-refractivity contribution in [2.45, 2.75) is 25.8 Å². The van der Waals surface area contributed by atoms with E-state index in [1.54, 1.807) is 49.6 Å². The van der Waals surface area contributed by atoms with E-state index in [0.717, 1.165) is 5.56 Å². The summed E-state index contributed by atoms with van der Waals surface area (Å²) < 4.78 is 10.8. The molecule has 6 nitrogen and oxygen atoms in total. The summed E-state index contributed by atoms with van der Waals surface area (Å²) in [4.78, 5) is 28.0. The van der Waals surface area contributed by atoms with Crippen LogP contribution in [-0.4, -0.2) is 31.0 Å². The number of aliphatic hydroxyl groups excluding tert-OH is 1. The Morgan fingerprint density at radius 3 is 2.29 bits per heavy atom. The summed E-state index contributed by atoms with van der Waals surface area (Å²) >= 11 is 0. The summed E-state index contributed by atoms with van der Waals surface area (Å²) in [5.74, 6) is -0.280. The maximum atomic E-state index is 13.3. The lowest BCUT2D eigenvalue weighted by molar-refractivity contribution is -0.132. The van der Waals surface area contributed by atoms with Crippen molar-refractivity contribution in [1.29, 1.82) is 0 Å². The fourth-order valence-corrected chi connectivity index (χ4v) is 4.30. The minimum Gasteiger partial charge on any atom is -0.507 e. The van der Waals surface area contributed by atoms with Crippen LogP contribution in [0.25, 0.3) is 5.76 Å². The predicted molar refractivity (Wildman–Crippen MR) is 131 cm³/mol. The number of ether oxygens (including phenoxy) is 2. The van der Waals surface area contributed by atoms with Gasteiger partial charge in [0.1, 0.15) is 17.3 Å². The molecule has 0 aliphatic carbocycles. The van der Waals surface area contributed by atoms with Gasteiger partial charge in [0.05, 0.1) is 25.8 Å². The second-order valence-electron chi connectivity index (χ2n) is 8.39. The fraction of sp³-hybridized carbons (Fsp3) is 0.214. The van der Waals surface area contributed by atoms with E-state index < -0.39 is 17.7 Å². The molecule has 1 fully saturated rings. The summed E-state index contributed by atoms with van der Waals surface area (Å²) in [6.45, 7) is 4.04. The van der Waals surface area contributed by atoms with Crippen molar-refractivity contribution in [3.05, 3.63) is 95.1 Å². The van der Waals surface area contributed by atoms with E-state index in [-0.39, 0.29) is 17.3 Å². The Bertz CT molecular complexity index is 1260. The van der Waals surface area contributed by atoms with Crippen LogP contribution in [0.2, 0.25) is 0 Å². The summed E-state index contributed by atoms with van der Waals surface area (Å²) in [6, 6.07) is 20.7. The molecule has 1 N–H and O–H groups in total. The maximum absolute atomic E-state index is 13.3. The van der Waals surface area contributed by atoms with Crippen LogP contribution < -0.4 is 14.4 Å². The van der Waals surface area contributed by atoms with Crippen LogP contribution in [-0.2, 0) is 9.59 Å². The van der Waals surface area contributed by atoms with Crippen molar-refractivity contribution in [3.63, 3.8) is 0 Å². The average Bonchev–Trinajstić information content (AvgIpc) is 3.13. The van der Waals surface area contributed by atoms with Crippen molar-refractivity contribution >= 4 is 23.1 Å². The topological polar surface area (TPSA) is 76.1 Å². The van der Waals surface area contributed by atoms with Crippen molar-refractivity contribution in [2.75, 3.05) is 19.1 Å². The standard InChI is InChI=1S/C28H27NO5/c1-17(2)22-15-19(13-14-23(22)34-4)26(30)24-25(18-9-6-5-7-10-18)29(28(32)27(24)31)20-11-8-12-21(16-20)33-3/h5-17,25,30H,1-4H3/b26-24-. The number of methoxy groups -OCH3 is 2. The van der Waals surface area contributed by atoms with Gasteiger partial charge in [-0.25, -0.2) is 0 Å². The first-order valence-electron chi connectivity index (χ1n) is 11.1. The minimum absolute atomic E-state index is 0.0406. The molecule has 6 heteroatoms. The fourth-order valence-electron chi connectivity index (χ4n) is 4.30. The normalized spacial score (nSPS) is 17.3. The Hall–Kier alpha value is -4.06. The molecular formula is C28H27NO5. The molecule has 0 aromatic heterocycles. The van der Waals surface area contributed by atoms with E-state index in [4.69, 9.17) is 9.47 Å². The van der Waals surface area contributed by atoms with Gasteiger partial charge in [-0.15, -0.1) is 0 Å². The molecule has 1 saturated heterocycles. The molecule has 1 amide bonds. The van der Waals surface area contributed by atoms with Crippen LogP contribution in [0.15, 0.2) is 78.4 Å². The maximum Gasteiger partial charge on any atom is 0.300 e. The van der Waals surface area contributed by atoms with Gasteiger partial charge >= 0.3 is 0 Å². The Morgan fingerprint density at radius 2 is 1.65 bits per heavy atom. The van der Waals surface area contributed by atoms with Crippen LogP contribution in [0.3, 0.4) is 0 Å². The number of aliphatic hydroxyl groups is 1. The highest BCUT2D eigenvalue weighted by Crippen LogP contribution is 2.43. The summed E-state index contributed by atoms with van der Waals surface area (Å²) in [5, 5.41) is 11.4. The highest BCUT2D eigenvalue weighted by atomic mass is 16.5. The molecule has 0 spiro atoms. The number of amides is 1. The van der Waals surface area contributed by atoms with E-state index in [1.165, 1.54) is 12.0 Å². The number of ketones is 1. The van der Waals surface area contributed by atoms with Crippen LogP contribution in [0.4, 0.5) is 5.69 Å². The number of hydrogen-bond acceptors (Lipinski definition) is 5. The van der Waals surface area contributed by atoms with Gasteiger partial charge in [0.25, 0.3) is 11.7 Å². The largest absolute Gasteiger partial charge is 0.507 e. The summed E-state index contributed by atoms with van der Waals surface area (Å²) in [7, 11) is 3.13. The number of Topliss-reactive ketones (excluding diaryl/α,β-unsaturated/α-hetero) is 1. The number of anilines is 1. The first-order chi connectivity index (χ1) is 16.4. The van der Waals surface area contributed by atoms with E-state index in [2.05, 4.69) is 0 Å². The van der Waals surface area contributed by atoms with E-state index >= 15 is 0 Å². The zero-order valence-corrected chi connectivity index (χ0v) is 19.6. The van der Waals surface area contributed by atoms with E-state index in [1.807, 2.05) is 44.2 Å². The SMILES string of the molecule is COc1cccc(N2C(=O)C(=O)/C(=C(\O)c3ccc(OC)c(C(C)C)c3)C2c2ccccc2)c1. The van der Waals surface area contributed by atoms with Gasteiger partial charge < -0.3 is 14.6 Å². The number of benzene rings is 3. The molecule has 4 rings (SSSR count). The van der Waals surface area contributed by atoms with Gasteiger partial charge in [0.15, 0.2) is 0 Å². The van der Waals surface area contributed by atoms with E-state index in [9.17, 15) is 14.7 Å². The average molecular weight is 458 g/mol. The van der Waals surface area contributed by atoms with Crippen LogP contribution in [0.1, 0.15) is 42.5 Å². The van der Waals surface area contributed by atoms with Crippen molar-refractivity contribution < 1.29 is 24.2 Å². The quantitative estimate of drug-likeness (QED) is 0.302. The molecule has 1 aliphatic rings. The molecule has 3 aromatic carbocycles. The molecule has 174 valence electrons. The van der Waals surface area contributed by atoms with Crippen molar-refractivity contribution in [3.8, 4) is 11.5 Å². The number of nitrogens with zero attached hydrogens (tertiary/aromatic N) is 1. The lowest BCUT2D eigenvalue weighted by atomic mass is 9.93. The molecule has 1 unspecified atom stereocenters. The molecule has 0 bridgehead atoms. The van der Waals surface area contributed by atoms with Crippen LogP contribution in [0.5, 0.6) is 11.5 Å². The second-order valence-corrected chi connectivity index (χ2v) is 8.39. The van der Waals surface area contributed by atoms with Crippen LogP contribution >= 0.6 is 0 Å². The Kier molecular flexibility index (Phi) is 6.41. The van der Waals surface area contributed by atoms with Gasteiger partial charge in [-0.05, 0) is 47.4 Å². The molecule has 3 aromatic rings. The monoisotopic (exact) mass is 457 g/mol. The van der Waals surface area contributed by atoms with Crippen LogP contribution in [0, 0.1) is 0 Å². The number of carbonyl (C=O) groups excluding carboxylic acids is 2. The molecule has 34 heavy (non-hydrogen) atoms. The lowest BCUT2D eigenvalue weighted by Crippen LogP contribution is -2.29. The summed E-state index contributed by atoms with van der Waals surface area (Å²) in [6.07, 6.45) is 0. The zero-order valence-electron chi connectivity index (χ0n) is 19.6. The predicted octanol–water partition coefficient (Wildman–Crippen LogP) is 5.45. The zero-order chi connectivity index (χ0) is 24.4. The highest BCUT2D eigenvalue weighted by molar-refractivity contribution is 6.51.